The molecule has 0 aliphatic carbocycles. The first-order valence-electron chi connectivity index (χ1n) is 7.26. The Labute approximate surface area is 136 Å². The number of carbonyl (C=O) groups is 1. The van der Waals surface area contributed by atoms with Crippen molar-refractivity contribution in [3.8, 4) is 5.75 Å². The molecule has 1 N–H and O–H groups in total. The summed E-state index contributed by atoms with van der Waals surface area (Å²) >= 11 is 1.56. The van der Waals surface area contributed by atoms with Crippen molar-refractivity contribution in [3.05, 3.63) is 60.2 Å². The topological polar surface area (TPSA) is 38.3 Å². The fourth-order valence-electron chi connectivity index (χ4n) is 2.06. The van der Waals surface area contributed by atoms with Gasteiger partial charge < -0.3 is 10.1 Å². The van der Waals surface area contributed by atoms with Crippen LogP contribution in [-0.4, -0.2) is 18.3 Å². The van der Waals surface area contributed by atoms with E-state index in [-0.39, 0.29) is 17.2 Å². The zero-order valence-corrected chi connectivity index (χ0v) is 13.9. The van der Waals surface area contributed by atoms with Gasteiger partial charge in [-0.15, -0.1) is 11.8 Å². The molecule has 0 spiro atoms. The quantitative estimate of drug-likeness (QED) is 0.817. The minimum absolute atomic E-state index is 0.0303. The maximum Gasteiger partial charge on any atom is 0.233 e. The highest BCUT2D eigenvalue weighted by Gasteiger charge is 2.17. The van der Waals surface area contributed by atoms with Gasteiger partial charge in [0.05, 0.1) is 18.4 Å². The molecule has 2 aromatic carbocycles. The van der Waals surface area contributed by atoms with Crippen molar-refractivity contribution in [3.63, 3.8) is 0 Å². The Morgan fingerprint density at radius 3 is 2.27 bits per heavy atom. The van der Waals surface area contributed by atoms with Crippen molar-refractivity contribution in [2.75, 3.05) is 7.11 Å². The lowest BCUT2D eigenvalue weighted by Crippen LogP contribution is -2.33. The van der Waals surface area contributed by atoms with E-state index in [1.54, 1.807) is 18.9 Å². The summed E-state index contributed by atoms with van der Waals surface area (Å²) in [6.45, 7) is 3.91. The normalized spacial score (nSPS) is 13.2. The van der Waals surface area contributed by atoms with Crippen molar-refractivity contribution >= 4 is 17.7 Å². The Bertz CT molecular complexity index is 598. The Morgan fingerprint density at radius 2 is 1.68 bits per heavy atom. The maximum absolute atomic E-state index is 12.3. The van der Waals surface area contributed by atoms with Crippen LogP contribution in [0.1, 0.15) is 25.5 Å². The number of rotatable bonds is 6. The van der Waals surface area contributed by atoms with Gasteiger partial charge in [-0.2, -0.15) is 0 Å². The summed E-state index contributed by atoms with van der Waals surface area (Å²) in [6.07, 6.45) is 0. The highest BCUT2D eigenvalue weighted by atomic mass is 32.2. The first-order chi connectivity index (χ1) is 10.6. The molecular formula is C18H21NO2S. The Balaban J connectivity index is 1.92. The summed E-state index contributed by atoms with van der Waals surface area (Å²) in [6, 6.07) is 17.7. The van der Waals surface area contributed by atoms with Crippen LogP contribution in [0.25, 0.3) is 0 Å². The number of ether oxygens (including phenoxy) is 1. The van der Waals surface area contributed by atoms with Crippen molar-refractivity contribution in [1.29, 1.82) is 0 Å². The van der Waals surface area contributed by atoms with Crippen LogP contribution >= 0.6 is 11.8 Å². The van der Waals surface area contributed by atoms with Crippen molar-refractivity contribution < 1.29 is 9.53 Å². The third-order valence-electron chi connectivity index (χ3n) is 3.40. The largest absolute Gasteiger partial charge is 0.497 e. The lowest BCUT2D eigenvalue weighted by molar-refractivity contribution is -0.120. The summed E-state index contributed by atoms with van der Waals surface area (Å²) in [5, 5.41) is 2.92. The molecule has 0 saturated carbocycles. The van der Waals surface area contributed by atoms with Crippen LogP contribution in [0.4, 0.5) is 0 Å². The predicted molar refractivity (Wildman–Crippen MR) is 91.3 cm³/mol. The number of thioether (sulfide) groups is 1. The number of benzene rings is 2. The Morgan fingerprint density at radius 1 is 1.05 bits per heavy atom. The molecule has 116 valence electrons. The lowest BCUT2D eigenvalue weighted by Gasteiger charge is -2.18. The molecule has 0 aromatic heterocycles. The molecule has 0 heterocycles. The highest BCUT2D eigenvalue weighted by molar-refractivity contribution is 8.00. The van der Waals surface area contributed by atoms with Crippen LogP contribution in [0.15, 0.2) is 59.5 Å². The fraction of sp³-hybridized carbons (Fsp3) is 0.278. The number of hydrogen-bond donors (Lipinski definition) is 1. The van der Waals surface area contributed by atoms with E-state index in [4.69, 9.17) is 4.74 Å². The van der Waals surface area contributed by atoms with Crippen LogP contribution < -0.4 is 10.1 Å². The van der Waals surface area contributed by atoms with Crippen molar-refractivity contribution in [2.45, 2.75) is 30.0 Å². The van der Waals surface area contributed by atoms with Crippen LogP contribution in [0, 0.1) is 0 Å². The number of methoxy groups -OCH3 is 1. The monoisotopic (exact) mass is 315 g/mol. The molecule has 0 bridgehead atoms. The van der Waals surface area contributed by atoms with Gasteiger partial charge in [-0.25, -0.2) is 0 Å². The zero-order chi connectivity index (χ0) is 15.9. The van der Waals surface area contributed by atoms with Crippen LogP contribution in [-0.2, 0) is 4.79 Å². The van der Waals surface area contributed by atoms with Crippen LogP contribution in [0.3, 0.4) is 0 Å². The number of amides is 1. The molecular weight excluding hydrogens is 294 g/mol. The van der Waals surface area contributed by atoms with Crippen LogP contribution in [0.2, 0.25) is 0 Å². The van der Waals surface area contributed by atoms with Gasteiger partial charge >= 0.3 is 0 Å². The van der Waals surface area contributed by atoms with Gasteiger partial charge in [0, 0.05) is 4.90 Å². The third-order valence-corrected chi connectivity index (χ3v) is 4.51. The molecule has 0 unspecified atom stereocenters. The first-order valence-corrected chi connectivity index (χ1v) is 8.14. The van der Waals surface area contributed by atoms with E-state index >= 15 is 0 Å². The lowest BCUT2D eigenvalue weighted by atomic mass is 10.1. The van der Waals surface area contributed by atoms with E-state index in [9.17, 15) is 4.79 Å². The molecule has 2 rings (SSSR count). The van der Waals surface area contributed by atoms with Gasteiger partial charge in [-0.3, -0.25) is 4.79 Å². The second-order valence-corrected chi connectivity index (χ2v) is 6.49. The SMILES string of the molecule is COc1ccc([C@H](C)NC(=O)[C@@H](C)Sc2ccccc2)cc1. The first kappa shape index (κ1) is 16.4. The Hall–Kier alpha value is -1.94. The van der Waals surface area contributed by atoms with Gasteiger partial charge in [0.1, 0.15) is 5.75 Å². The van der Waals surface area contributed by atoms with Crippen molar-refractivity contribution in [1.82, 2.24) is 5.32 Å². The second kappa shape index (κ2) is 7.90. The van der Waals surface area contributed by atoms with E-state index in [1.165, 1.54) is 0 Å². The van der Waals surface area contributed by atoms with Gasteiger partial charge in [-0.05, 0) is 43.7 Å². The van der Waals surface area contributed by atoms with E-state index in [2.05, 4.69) is 5.32 Å². The van der Waals surface area contributed by atoms with E-state index < -0.39 is 0 Å². The molecule has 0 radical (unpaired) electrons. The van der Waals surface area contributed by atoms with Gasteiger partial charge in [0.25, 0.3) is 0 Å². The van der Waals surface area contributed by atoms with Crippen molar-refractivity contribution in [2.24, 2.45) is 0 Å². The minimum atomic E-state index is -0.136. The summed E-state index contributed by atoms with van der Waals surface area (Å²) in [5.41, 5.74) is 1.06. The van der Waals surface area contributed by atoms with Gasteiger partial charge in [0.15, 0.2) is 0 Å². The fourth-order valence-corrected chi connectivity index (χ4v) is 2.96. The smallest absolute Gasteiger partial charge is 0.233 e. The van der Waals surface area contributed by atoms with E-state index in [0.29, 0.717) is 0 Å². The van der Waals surface area contributed by atoms with Gasteiger partial charge in [-0.1, -0.05) is 30.3 Å². The number of hydrogen-bond acceptors (Lipinski definition) is 3. The van der Waals surface area contributed by atoms with E-state index in [1.807, 2.05) is 68.4 Å². The second-order valence-electron chi connectivity index (χ2n) is 5.08. The number of nitrogens with one attached hydrogen (secondary N) is 1. The minimum Gasteiger partial charge on any atom is -0.497 e. The van der Waals surface area contributed by atoms with E-state index in [0.717, 1.165) is 16.2 Å². The van der Waals surface area contributed by atoms with Crippen LogP contribution in [0.5, 0.6) is 5.75 Å². The Kier molecular flexibility index (Phi) is 5.90. The van der Waals surface area contributed by atoms with Gasteiger partial charge in [0.2, 0.25) is 5.91 Å². The molecule has 0 aliphatic heterocycles. The maximum atomic E-state index is 12.3. The molecule has 0 aliphatic rings. The highest BCUT2D eigenvalue weighted by Crippen LogP contribution is 2.24. The molecule has 22 heavy (non-hydrogen) atoms. The average molecular weight is 315 g/mol. The zero-order valence-electron chi connectivity index (χ0n) is 13.1. The summed E-state index contributed by atoms with van der Waals surface area (Å²) < 4.78 is 5.14. The standard InChI is InChI=1S/C18H21NO2S/c1-13(15-9-11-16(21-3)12-10-15)19-18(20)14(2)22-17-7-5-4-6-8-17/h4-14H,1-3H3,(H,19,20)/t13-,14+/m0/s1. The molecule has 2 aromatic rings. The predicted octanol–water partition coefficient (Wildman–Crippen LogP) is 4.05. The summed E-state index contributed by atoms with van der Waals surface area (Å²) in [7, 11) is 1.64. The molecule has 0 fully saturated rings. The summed E-state index contributed by atoms with van der Waals surface area (Å²) in [5.74, 6) is 0.854. The third kappa shape index (κ3) is 4.53. The molecule has 3 nitrogen and oxygen atoms in total. The average Bonchev–Trinajstić information content (AvgIpc) is 2.55. The molecule has 0 saturated heterocycles. The molecule has 4 heteroatoms. The molecule has 2 atom stereocenters. The molecule has 1 amide bonds. The number of carbonyl (C=O) groups excluding carboxylic acids is 1. The summed E-state index contributed by atoms with van der Waals surface area (Å²) in [4.78, 5) is 13.4.